The summed E-state index contributed by atoms with van der Waals surface area (Å²) >= 11 is 0. The highest BCUT2D eigenvalue weighted by molar-refractivity contribution is 5.89. The first-order valence-electron chi connectivity index (χ1n) is 11.3. The molecule has 1 aliphatic rings. The molecule has 1 aliphatic carbocycles. The fourth-order valence-electron chi connectivity index (χ4n) is 4.23. The Labute approximate surface area is 194 Å². The summed E-state index contributed by atoms with van der Waals surface area (Å²) in [5, 5.41) is 14.7. The summed E-state index contributed by atoms with van der Waals surface area (Å²) in [6, 6.07) is 14.1. The van der Waals surface area contributed by atoms with Crippen LogP contribution in [0.25, 0.3) is 11.1 Å². The van der Waals surface area contributed by atoms with Crippen LogP contribution in [0.4, 0.5) is 4.79 Å². The van der Waals surface area contributed by atoms with Gasteiger partial charge >= 0.3 is 12.1 Å². The average molecular weight is 453 g/mol. The fourth-order valence-corrected chi connectivity index (χ4v) is 4.23. The normalized spacial score (nSPS) is 14.5. The van der Waals surface area contributed by atoms with Gasteiger partial charge in [0.15, 0.2) is 0 Å². The summed E-state index contributed by atoms with van der Waals surface area (Å²) in [5.74, 6) is -1.74. The molecule has 7 heteroatoms. The highest BCUT2D eigenvalue weighted by atomic mass is 16.5. The van der Waals surface area contributed by atoms with Crippen molar-refractivity contribution >= 4 is 18.0 Å². The molecule has 33 heavy (non-hydrogen) atoms. The molecule has 0 bridgehead atoms. The highest BCUT2D eigenvalue weighted by Gasteiger charge is 2.35. The number of fused-ring (bicyclic) bond motifs is 3. The Morgan fingerprint density at radius 3 is 2.00 bits per heavy atom. The molecule has 0 aromatic heterocycles. The molecule has 0 radical (unpaired) electrons. The van der Waals surface area contributed by atoms with Gasteiger partial charge < -0.3 is 20.5 Å². The molecule has 3 rings (SSSR count). The van der Waals surface area contributed by atoms with Crippen molar-refractivity contribution in [1.82, 2.24) is 10.6 Å². The number of amides is 2. The predicted molar refractivity (Wildman–Crippen MR) is 126 cm³/mol. The Balaban J connectivity index is 1.66. The monoisotopic (exact) mass is 452 g/mol. The van der Waals surface area contributed by atoms with Crippen LogP contribution >= 0.6 is 0 Å². The van der Waals surface area contributed by atoms with Gasteiger partial charge in [-0.15, -0.1) is 0 Å². The van der Waals surface area contributed by atoms with E-state index >= 15 is 0 Å². The summed E-state index contributed by atoms with van der Waals surface area (Å²) in [6.07, 6.45) is 0.301. The van der Waals surface area contributed by atoms with Crippen molar-refractivity contribution in [2.45, 2.75) is 58.5 Å². The molecule has 2 aromatic rings. The second kappa shape index (κ2) is 10.1. The van der Waals surface area contributed by atoms with E-state index in [0.717, 1.165) is 22.3 Å². The molecule has 176 valence electrons. The largest absolute Gasteiger partial charge is 0.480 e. The smallest absolute Gasteiger partial charge is 0.407 e. The van der Waals surface area contributed by atoms with Crippen LogP contribution in [0.15, 0.2) is 48.5 Å². The van der Waals surface area contributed by atoms with Crippen LogP contribution in [0, 0.1) is 5.41 Å². The number of alkyl carbamates (subject to hydrolysis) is 1. The molecule has 0 spiro atoms. The third kappa shape index (κ3) is 5.53. The second-order valence-electron chi connectivity index (χ2n) is 9.46. The van der Waals surface area contributed by atoms with Crippen molar-refractivity contribution in [2.75, 3.05) is 6.61 Å². The second-order valence-corrected chi connectivity index (χ2v) is 9.46. The number of carbonyl (C=O) groups excluding carboxylic acids is 2. The number of carbonyl (C=O) groups is 3. The maximum atomic E-state index is 12.8. The third-order valence-electron chi connectivity index (χ3n) is 5.93. The van der Waals surface area contributed by atoms with Crippen LogP contribution in [0.2, 0.25) is 0 Å². The first kappa shape index (κ1) is 24.3. The minimum atomic E-state index is -1.12. The third-order valence-corrected chi connectivity index (χ3v) is 5.93. The summed E-state index contributed by atoms with van der Waals surface area (Å²) in [7, 11) is 0. The van der Waals surface area contributed by atoms with Crippen LogP contribution in [0.5, 0.6) is 0 Å². The Bertz CT molecular complexity index is 982. The van der Waals surface area contributed by atoms with Gasteiger partial charge in [0.1, 0.15) is 18.7 Å². The lowest BCUT2D eigenvalue weighted by molar-refractivity contribution is -0.145. The van der Waals surface area contributed by atoms with E-state index in [-0.39, 0.29) is 12.5 Å². The zero-order valence-electron chi connectivity index (χ0n) is 19.6. The number of nitrogens with one attached hydrogen (secondary N) is 2. The molecular weight excluding hydrogens is 420 g/mol. The van der Waals surface area contributed by atoms with E-state index in [0.29, 0.717) is 12.8 Å². The minimum Gasteiger partial charge on any atom is -0.480 e. The Morgan fingerprint density at radius 2 is 1.52 bits per heavy atom. The predicted octanol–water partition coefficient (Wildman–Crippen LogP) is 4.31. The zero-order chi connectivity index (χ0) is 24.2. The molecule has 3 N–H and O–H groups in total. The Morgan fingerprint density at radius 1 is 0.970 bits per heavy atom. The summed E-state index contributed by atoms with van der Waals surface area (Å²) in [6.45, 7) is 7.23. The van der Waals surface area contributed by atoms with Crippen molar-refractivity contribution in [3.8, 4) is 11.1 Å². The highest BCUT2D eigenvalue weighted by Crippen LogP contribution is 2.44. The van der Waals surface area contributed by atoms with Gasteiger partial charge in [-0.05, 0) is 34.1 Å². The van der Waals surface area contributed by atoms with E-state index in [1.165, 1.54) is 0 Å². The summed E-state index contributed by atoms with van der Waals surface area (Å²) in [5.41, 5.74) is 3.79. The molecule has 0 saturated carbocycles. The maximum absolute atomic E-state index is 12.8. The fraction of sp³-hybridized carbons (Fsp3) is 0.423. The van der Waals surface area contributed by atoms with Gasteiger partial charge in [-0.2, -0.15) is 0 Å². The molecule has 2 atom stereocenters. The lowest BCUT2D eigenvalue weighted by atomic mass is 9.86. The molecule has 0 heterocycles. The molecule has 0 aliphatic heterocycles. The van der Waals surface area contributed by atoms with Gasteiger partial charge in [-0.3, -0.25) is 4.79 Å². The maximum Gasteiger partial charge on any atom is 0.407 e. The van der Waals surface area contributed by atoms with Gasteiger partial charge in [0.2, 0.25) is 5.91 Å². The van der Waals surface area contributed by atoms with Gasteiger partial charge in [-0.25, -0.2) is 9.59 Å². The van der Waals surface area contributed by atoms with Crippen LogP contribution in [0.3, 0.4) is 0 Å². The summed E-state index contributed by atoms with van der Waals surface area (Å²) < 4.78 is 5.54. The van der Waals surface area contributed by atoms with Crippen molar-refractivity contribution in [3.63, 3.8) is 0 Å². The van der Waals surface area contributed by atoms with E-state index in [2.05, 4.69) is 22.8 Å². The SMILES string of the molecule is CCC[C@H](NC(=O)OCC1c2ccccc2-c2ccccc21)C(=O)NC(C(=O)O)C(C)(C)C. The first-order valence-corrected chi connectivity index (χ1v) is 11.3. The topological polar surface area (TPSA) is 105 Å². The number of hydrogen-bond donors (Lipinski definition) is 3. The lowest BCUT2D eigenvalue weighted by Crippen LogP contribution is -2.55. The molecule has 0 fully saturated rings. The van der Waals surface area contributed by atoms with E-state index in [1.54, 1.807) is 20.8 Å². The number of benzene rings is 2. The van der Waals surface area contributed by atoms with Crippen LogP contribution in [-0.4, -0.2) is 41.8 Å². The van der Waals surface area contributed by atoms with E-state index in [4.69, 9.17) is 4.74 Å². The van der Waals surface area contributed by atoms with Crippen molar-refractivity contribution in [2.24, 2.45) is 5.41 Å². The van der Waals surface area contributed by atoms with Crippen molar-refractivity contribution in [1.29, 1.82) is 0 Å². The van der Waals surface area contributed by atoms with Gasteiger partial charge in [0.05, 0.1) is 0 Å². The quantitative estimate of drug-likeness (QED) is 0.554. The molecule has 2 aromatic carbocycles. The van der Waals surface area contributed by atoms with Crippen LogP contribution in [-0.2, 0) is 14.3 Å². The van der Waals surface area contributed by atoms with Crippen LogP contribution < -0.4 is 10.6 Å². The van der Waals surface area contributed by atoms with Crippen LogP contribution in [0.1, 0.15) is 57.6 Å². The van der Waals surface area contributed by atoms with E-state index < -0.39 is 35.5 Å². The molecular formula is C26H32N2O5. The van der Waals surface area contributed by atoms with E-state index in [1.807, 2.05) is 43.3 Å². The lowest BCUT2D eigenvalue weighted by Gasteiger charge is -2.29. The number of hydrogen-bond acceptors (Lipinski definition) is 4. The van der Waals surface area contributed by atoms with E-state index in [9.17, 15) is 19.5 Å². The molecule has 7 nitrogen and oxygen atoms in total. The van der Waals surface area contributed by atoms with Crippen molar-refractivity contribution < 1.29 is 24.2 Å². The number of aliphatic carboxylic acids is 1. The van der Waals surface area contributed by atoms with Gasteiger partial charge in [-0.1, -0.05) is 82.6 Å². The van der Waals surface area contributed by atoms with Gasteiger partial charge in [0.25, 0.3) is 0 Å². The summed E-state index contributed by atoms with van der Waals surface area (Å²) in [4.78, 5) is 37.0. The molecule has 1 unspecified atom stereocenters. The number of rotatable bonds is 8. The number of ether oxygens (including phenoxy) is 1. The standard InChI is InChI=1S/C26H32N2O5/c1-5-10-21(23(29)28-22(24(30)31)26(2,3)4)27-25(32)33-15-20-18-13-8-6-11-16(18)17-12-7-9-14-19(17)20/h6-9,11-14,20-22H,5,10,15H2,1-4H3,(H,27,32)(H,28,29)(H,30,31)/t21-,22?/m0/s1. The Kier molecular flexibility index (Phi) is 7.41. The van der Waals surface area contributed by atoms with Gasteiger partial charge in [0, 0.05) is 5.92 Å². The van der Waals surface area contributed by atoms with Crippen molar-refractivity contribution in [3.05, 3.63) is 59.7 Å². The first-order chi connectivity index (χ1) is 15.6. The average Bonchev–Trinajstić information content (AvgIpc) is 3.08. The molecule has 2 amide bonds. The molecule has 0 saturated heterocycles. The minimum absolute atomic E-state index is 0.0844. The Hall–Kier alpha value is -3.35. The number of carboxylic acid groups (broad SMARTS) is 1. The zero-order valence-corrected chi connectivity index (χ0v) is 19.6. The number of carboxylic acids is 1.